The van der Waals surface area contributed by atoms with Gasteiger partial charge in [0.1, 0.15) is 15.5 Å². The van der Waals surface area contributed by atoms with E-state index in [0.717, 1.165) is 27.9 Å². The Morgan fingerprint density at radius 1 is 1.12 bits per heavy atom. The third kappa shape index (κ3) is 7.22. The maximum Gasteiger partial charge on any atom is 0.490 e. The van der Waals surface area contributed by atoms with Gasteiger partial charge in [0.2, 0.25) is 10.0 Å². The van der Waals surface area contributed by atoms with Crippen molar-refractivity contribution in [3.63, 3.8) is 0 Å². The van der Waals surface area contributed by atoms with Crippen molar-refractivity contribution in [3.8, 4) is 11.1 Å². The quantitative estimate of drug-likeness (QED) is 0.300. The summed E-state index contributed by atoms with van der Waals surface area (Å²) in [6, 6.07) is 10.2. The molecule has 0 spiro atoms. The van der Waals surface area contributed by atoms with Crippen LogP contribution in [0.2, 0.25) is 0 Å². The van der Waals surface area contributed by atoms with Crippen molar-refractivity contribution < 1.29 is 39.9 Å². The average Bonchev–Trinajstić information content (AvgIpc) is 3.55. The first-order valence-corrected chi connectivity index (χ1v) is 15.0. The number of fused-ring (bicyclic) bond motifs is 1. The minimum atomic E-state index is -5.08. The molecule has 40 heavy (non-hydrogen) atoms. The van der Waals surface area contributed by atoms with Gasteiger partial charge in [0.05, 0.1) is 29.1 Å². The SMILES string of the molecule is O=C(O)C(F)(F)F.O=S1(=O)CCC(NS(=O)(=O)c2ccc(-c3ccnc4[nH]c(Cn5ccnn5)cc34)cc2)CC1. The summed E-state index contributed by atoms with van der Waals surface area (Å²) < 4.78 is 84.8. The number of benzene rings is 1. The Labute approximate surface area is 226 Å². The number of H-pyrrole nitrogens is 1. The maximum atomic E-state index is 12.8. The van der Waals surface area contributed by atoms with Crippen LogP contribution in [-0.2, 0) is 31.2 Å². The normalized spacial score (nSPS) is 15.9. The van der Waals surface area contributed by atoms with Crippen LogP contribution in [0.4, 0.5) is 13.2 Å². The number of carboxylic acid groups (broad SMARTS) is 1. The highest BCUT2D eigenvalue weighted by Crippen LogP contribution is 2.29. The van der Waals surface area contributed by atoms with E-state index in [1.54, 1.807) is 47.5 Å². The summed E-state index contributed by atoms with van der Waals surface area (Å²) in [6.07, 6.45) is 0.598. The number of hydrogen-bond acceptors (Lipinski definition) is 8. The molecule has 4 aromatic rings. The molecule has 3 N–H and O–H groups in total. The molecule has 5 rings (SSSR count). The lowest BCUT2D eigenvalue weighted by Gasteiger charge is -2.22. The number of carboxylic acids is 1. The summed E-state index contributed by atoms with van der Waals surface area (Å²) in [7, 11) is -6.80. The molecule has 1 aromatic carbocycles. The monoisotopic (exact) mass is 600 g/mol. The third-order valence-corrected chi connectivity index (χ3v) is 9.24. The Hall–Kier alpha value is -3.83. The molecule has 214 valence electrons. The van der Waals surface area contributed by atoms with Gasteiger partial charge in [0, 0.05) is 29.5 Å². The largest absolute Gasteiger partial charge is 0.490 e. The number of rotatable bonds is 6. The molecule has 17 heteroatoms. The van der Waals surface area contributed by atoms with E-state index in [4.69, 9.17) is 9.90 Å². The summed E-state index contributed by atoms with van der Waals surface area (Å²) in [5, 5.41) is 15.8. The van der Waals surface area contributed by atoms with Crippen LogP contribution in [0.1, 0.15) is 18.5 Å². The number of sulfonamides is 1. The zero-order valence-electron chi connectivity index (χ0n) is 20.5. The van der Waals surface area contributed by atoms with Crippen molar-refractivity contribution in [2.24, 2.45) is 0 Å². The fourth-order valence-electron chi connectivity index (χ4n) is 4.02. The van der Waals surface area contributed by atoms with Gasteiger partial charge in [-0.05, 0) is 48.2 Å². The second-order valence-electron chi connectivity index (χ2n) is 8.89. The van der Waals surface area contributed by atoms with Crippen molar-refractivity contribution in [1.29, 1.82) is 0 Å². The van der Waals surface area contributed by atoms with Crippen LogP contribution in [0.5, 0.6) is 0 Å². The first kappa shape index (κ1) is 29.2. The number of carbonyl (C=O) groups is 1. The van der Waals surface area contributed by atoms with Crippen molar-refractivity contribution in [2.45, 2.75) is 36.5 Å². The van der Waals surface area contributed by atoms with Gasteiger partial charge in [-0.3, -0.25) is 0 Å². The van der Waals surface area contributed by atoms with E-state index in [1.807, 2.05) is 12.1 Å². The molecule has 0 amide bonds. The molecular weight excluding hydrogens is 577 g/mol. The number of nitrogens with zero attached hydrogens (tertiary/aromatic N) is 4. The molecule has 0 atom stereocenters. The van der Waals surface area contributed by atoms with Crippen molar-refractivity contribution in [3.05, 3.63) is 60.7 Å². The summed E-state index contributed by atoms with van der Waals surface area (Å²) in [5.74, 6) is -2.74. The van der Waals surface area contributed by atoms with E-state index in [0.29, 0.717) is 19.4 Å². The fourth-order valence-corrected chi connectivity index (χ4v) is 6.82. The zero-order valence-corrected chi connectivity index (χ0v) is 22.2. The zero-order chi connectivity index (χ0) is 29.1. The van der Waals surface area contributed by atoms with Crippen LogP contribution in [0, 0.1) is 0 Å². The van der Waals surface area contributed by atoms with Gasteiger partial charge >= 0.3 is 12.1 Å². The van der Waals surface area contributed by atoms with Gasteiger partial charge < -0.3 is 10.1 Å². The third-order valence-electron chi connectivity index (χ3n) is 5.99. The summed E-state index contributed by atoms with van der Waals surface area (Å²) in [5.41, 5.74) is 3.44. The smallest absolute Gasteiger partial charge is 0.475 e. The molecular formula is C23H23F3N6O6S2. The van der Waals surface area contributed by atoms with Crippen LogP contribution >= 0.6 is 0 Å². The highest BCUT2D eigenvalue weighted by molar-refractivity contribution is 7.91. The lowest BCUT2D eigenvalue weighted by molar-refractivity contribution is -0.192. The van der Waals surface area contributed by atoms with Crippen LogP contribution in [0.15, 0.2) is 59.9 Å². The Balaban J connectivity index is 0.000000470. The van der Waals surface area contributed by atoms with E-state index < -0.39 is 32.0 Å². The standard InChI is InChI=1S/C21H22N6O4S2.C2HF3O2/c28-32(29)11-6-16(7-12-32)25-33(30,31)18-3-1-15(2-4-18)19-5-8-22-21-20(19)13-17(24-21)14-27-10-9-23-26-27;3-2(4,5)1(6)7/h1-5,8-10,13,16,25H,6-7,11-12,14H2,(H,22,24);(H,6,7). The molecule has 1 fully saturated rings. The Morgan fingerprint density at radius 3 is 2.35 bits per heavy atom. The average molecular weight is 601 g/mol. The van der Waals surface area contributed by atoms with E-state index in [1.165, 1.54) is 0 Å². The predicted molar refractivity (Wildman–Crippen MR) is 136 cm³/mol. The molecule has 0 bridgehead atoms. The summed E-state index contributed by atoms with van der Waals surface area (Å²) >= 11 is 0. The summed E-state index contributed by atoms with van der Waals surface area (Å²) in [4.78, 5) is 16.7. The number of aromatic nitrogens is 5. The second kappa shape index (κ2) is 11.3. The lowest BCUT2D eigenvalue weighted by Crippen LogP contribution is -2.40. The van der Waals surface area contributed by atoms with Crippen LogP contribution in [-0.4, -0.2) is 76.6 Å². The maximum absolute atomic E-state index is 12.8. The van der Waals surface area contributed by atoms with Crippen molar-refractivity contribution >= 4 is 36.9 Å². The number of aromatic amines is 1. The first-order valence-electron chi connectivity index (χ1n) is 11.7. The molecule has 1 aliphatic heterocycles. The molecule has 1 saturated heterocycles. The van der Waals surface area contributed by atoms with Gasteiger partial charge in [0.15, 0.2) is 0 Å². The Morgan fingerprint density at radius 2 is 1.77 bits per heavy atom. The van der Waals surface area contributed by atoms with E-state index in [-0.39, 0.29) is 22.4 Å². The number of nitrogens with one attached hydrogen (secondary N) is 2. The molecule has 12 nitrogen and oxygen atoms in total. The number of sulfone groups is 1. The summed E-state index contributed by atoms with van der Waals surface area (Å²) in [6.45, 7) is 0.529. The van der Waals surface area contributed by atoms with E-state index in [2.05, 4.69) is 25.0 Å². The second-order valence-corrected chi connectivity index (χ2v) is 12.9. The highest BCUT2D eigenvalue weighted by atomic mass is 32.2. The molecule has 0 aliphatic carbocycles. The van der Waals surface area contributed by atoms with Gasteiger partial charge in [-0.1, -0.05) is 17.3 Å². The van der Waals surface area contributed by atoms with Crippen molar-refractivity contribution in [1.82, 2.24) is 29.7 Å². The number of hydrogen-bond donors (Lipinski definition) is 3. The van der Waals surface area contributed by atoms with Crippen LogP contribution in [0.25, 0.3) is 22.2 Å². The van der Waals surface area contributed by atoms with Crippen LogP contribution in [0.3, 0.4) is 0 Å². The lowest BCUT2D eigenvalue weighted by atomic mass is 10.0. The highest BCUT2D eigenvalue weighted by Gasteiger charge is 2.38. The topological polar surface area (TPSA) is 177 Å². The number of halogens is 3. The molecule has 1 aliphatic rings. The van der Waals surface area contributed by atoms with Crippen LogP contribution < -0.4 is 4.72 Å². The molecule has 0 radical (unpaired) electrons. The van der Waals surface area contributed by atoms with Gasteiger partial charge in [0.25, 0.3) is 0 Å². The molecule has 0 unspecified atom stereocenters. The predicted octanol–water partition coefficient (Wildman–Crippen LogP) is 2.36. The van der Waals surface area contributed by atoms with Gasteiger partial charge in [-0.25, -0.2) is 36.0 Å². The number of alkyl halides is 3. The number of pyridine rings is 1. The van der Waals surface area contributed by atoms with Gasteiger partial charge in [-0.15, -0.1) is 5.10 Å². The van der Waals surface area contributed by atoms with E-state index >= 15 is 0 Å². The number of aliphatic carboxylic acids is 1. The molecule has 3 aromatic heterocycles. The van der Waals surface area contributed by atoms with Crippen molar-refractivity contribution in [2.75, 3.05) is 11.5 Å². The minimum Gasteiger partial charge on any atom is -0.475 e. The fraction of sp³-hybridized carbons (Fsp3) is 0.304. The Bertz CT molecular complexity index is 1690. The first-order chi connectivity index (χ1) is 18.7. The van der Waals surface area contributed by atoms with E-state index in [9.17, 15) is 30.0 Å². The Kier molecular flexibility index (Phi) is 8.27. The molecule has 0 saturated carbocycles. The molecule has 4 heterocycles. The minimum absolute atomic E-state index is 0.00667. The van der Waals surface area contributed by atoms with Gasteiger partial charge in [-0.2, -0.15) is 13.2 Å².